The van der Waals surface area contributed by atoms with Gasteiger partial charge in [0, 0.05) is 44.2 Å². The number of carbonyl (C=O) groups excluding carboxylic acids is 3. The van der Waals surface area contributed by atoms with E-state index in [1.54, 1.807) is 7.11 Å². The molecule has 11 nitrogen and oxygen atoms in total. The van der Waals surface area contributed by atoms with Crippen molar-refractivity contribution in [2.75, 3.05) is 26.2 Å². The summed E-state index contributed by atoms with van der Waals surface area (Å²) in [6, 6.07) is 7.87. The third kappa shape index (κ3) is 7.64. The number of benzene rings is 1. The maximum Gasteiger partial charge on any atom is 0.307 e. The molecule has 0 fully saturated rings. The van der Waals surface area contributed by atoms with Crippen LogP contribution >= 0.6 is 0 Å². The first-order valence-electron chi connectivity index (χ1n) is 13.1. The first-order chi connectivity index (χ1) is 18.3. The number of amides is 2. The lowest BCUT2D eigenvalue weighted by Gasteiger charge is -2.11. The molecule has 3 rings (SSSR count). The molecule has 0 spiro atoms. The first-order valence-corrected chi connectivity index (χ1v) is 13.1. The number of hydrogen-bond donors (Lipinski definition) is 3. The van der Waals surface area contributed by atoms with Gasteiger partial charge in [0.15, 0.2) is 12.5 Å². The lowest BCUT2D eigenvalue weighted by molar-refractivity contribution is -0.145. The highest BCUT2D eigenvalue weighted by atomic mass is 16.5. The van der Waals surface area contributed by atoms with Crippen molar-refractivity contribution in [3.63, 3.8) is 0 Å². The van der Waals surface area contributed by atoms with Crippen molar-refractivity contribution in [1.82, 2.24) is 19.9 Å². The van der Waals surface area contributed by atoms with Gasteiger partial charge >= 0.3 is 5.97 Å². The molecule has 0 saturated carbocycles. The Morgan fingerprint density at radius 2 is 1.89 bits per heavy atom. The van der Waals surface area contributed by atoms with Crippen LogP contribution in [0.1, 0.15) is 57.7 Å². The number of hydrogen-bond acceptors (Lipinski definition) is 8. The summed E-state index contributed by atoms with van der Waals surface area (Å²) in [7, 11) is 1.66. The van der Waals surface area contributed by atoms with Crippen molar-refractivity contribution in [3.8, 4) is 0 Å². The number of aromatic nitrogens is 3. The number of unbranched alkanes of at least 4 members (excludes halogenated alkanes) is 2. The van der Waals surface area contributed by atoms with Crippen LogP contribution in [0.25, 0.3) is 21.9 Å². The standard InChI is InChI=1S/C27H38N6O5/c1-3-18(27(29)36)12-13-22(34)30-17-38-23(35)11-5-4-8-15-33-21(14-16-37-2)32-24-25(33)19-9-6-7-10-20(19)31-26(24)28/h6-7,9-10,18H,3-5,8,11-17H2,1-2H3,(H2,28,31)(H2,29,36)(H,30,34). The minimum absolute atomic E-state index is 0.158. The molecule has 0 aliphatic rings. The van der Waals surface area contributed by atoms with E-state index in [0.717, 1.165) is 41.6 Å². The Hall–Kier alpha value is -3.73. The molecule has 5 N–H and O–H groups in total. The minimum Gasteiger partial charge on any atom is -0.444 e. The Balaban J connectivity index is 1.47. The zero-order valence-corrected chi connectivity index (χ0v) is 22.2. The highest BCUT2D eigenvalue weighted by Crippen LogP contribution is 2.29. The van der Waals surface area contributed by atoms with E-state index >= 15 is 0 Å². The fourth-order valence-corrected chi connectivity index (χ4v) is 4.46. The maximum atomic E-state index is 12.1. The molecule has 0 radical (unpaired) electrons. The molecule has 0 bridgehead atoms. The minimum atomic E-state index is -0.409. The zero-order valence-electron chi connectivity index (χ0n) is 22.2. The van der Waals surface area contributed by atoms with Gasteiger partial charge in [-0.15, -0.1) is 0 Å². The third-order valence-corrected chi connectivity index (χ3v) is 6.60. The Morgan fingerprint density at radius 3 is 2.63 bits per heavy atom. The molecule has 1 atom stereocenters. The van der Waals surface area contributed by atoms with Crippen molar-refractivity contribution in [3.05, 3.63) is 30.1 Å². The van der Waals surface area contributed by atoms with Crippen LogP contribution in [0.4, 0.5) is 5.82 Å². The number of anilines is 1. The second-order valence-corrected chi connectivity index (χ2v) is 9.25. The molecular weight excluding hydrogens is 488 g/mol. The number of esters is 1. The van der Waals surface area contributed by atoms with Crippen LogP contribution in [0.2, 0.25) is 0 Å². The van der Waals surface area contributed by atoms with Gasteiger partial charge in [-0.25, -0.2) is 9.97 Å². The third-order valence-electron chi connectivity index (χ3n) is 6.60. The number of nitrogens with one attached hydrogen (secondary N) is 1. The number of methoxy groups -OCH3 is 1. The highest BCUT2D eigenvalue weighted by Gasteiger charge is 2.17. The van der Waals surface area contributed by atoms with Crippen molar-refractivity contribution in [2.45, 2.75) is 64.8 Å². The summed E-state index contributed by atoms with van der Waals surface area (Å²) >= 11 is 0. The van der Waals surface area contributed by atoms with E-state index in [4.69, 9.17) is 25.9 Å². The molecule has 11 heteroatoms. The molecule has 2 aromatic heterocycles. The summed E-state index contributed by atoms with van der Waals surface area (Å²) in [6.45, 7) is 2.93. The molecule has 0 aliphatic carbocycles. The van der Waals surface area contributed by atoms with Crippen molar-refractivity contribution in [2.24, 2.45) is 11.7 Å². The fraction of sp³-hybridized carbons (Fsp3) is 0.519. The quantitative estimate of drug-likeness (QED) is 0.146. The molecule has 0 aliphatic heterocycles. The van der Waals surface area contributed by atoms with Crippen LogP contribution in [0.15, 0.2) is 24.3 Å². The largest absolute Gasteiger partial charge is 0.444 e. The molecule has 0 saturated heterocycles. The Morgan fingerprint density at radius 1 is 1.11 bits per heavy atom. The van der Waals surface area contributed by atoms with Gasteiger partial charge in [0.05, 0.1) is 17.6 Å². The van der Waals surface area contributed by atoms with Gasteiger partial charge in [0.25, 0.3) is 0 Å². The van der Waals surface area contributed by atoms with Crippen LogP contribution in [0.5, 0.6) is 0 Å². The van der Waals surface area contributed by atoms with Gasteiger partial charge < -0.3 is 30.8 Å². The Bertz CT molecular complexity index is 1260. The second kappa shape index (κ2) is 14.3. The maximum absolute atomic E-state index is 12.1. The van der Waals surface area contributed by atoms with E-state index in [1.165, 1.54) is 0 Å². The fourth-order valence-electron chi connectivity index (χ4n) is 4.46. The highest BCUT2D eigenvalue weighted by molar-refractivity contribution is 6.06. The molecular formula is C27H38N6O5. The lowest BCUT2D eigenvalue weighted by atomic mass is 10.00. The van der Waals surface area contributed by atoms with Gasteiger partial charge in [0.2, 0.25) is 11.8 Å². The monoisotopic (exact) mass is 526 g/mol. The van der Waals surface area contributed by atoms with Gasteiger partial charge in [-0.3, -0.25) is 14.4 Å². The zero-order chi connectivity index (χ0) is 27.5. The Labute approximate surface area is 222 Å². The molecule has 3 aromatic rings. The van der Waals surface area contributed by atoms with Gasteiger partial charge in [0.1, 0.15) is 11.3 Å². The number of nitrogens with zero attached hydrogens (tertiary/aromatic N) is 3. The smallest absolute Gasteiger partial charge is 0.307 e. The van der Waals surface area contributed by atoms with Crippen LogP contribution in [0, 0.1) is 5.92 Å². The summed E-state index contributed by atoms with van der Waals surface area (Å²) in [4.78, 5) is 44.5. The van der Waals surface area contributed by atoms with Gasteiger partial charge in [-0.1, -0.05) is 31.5 Å². The first kappa shape index (κ1) is 28.8. The number of aryl methyl sites for hydroxylation is 1. The summed E-state index contributed by atoms with van der Waals surface area (Å²) in [5, 5.41) is 3.54. The van der Waals surface area contributed by atoms with Crippen LogP contribution < -0.4 is 16.8 Å². The predicted molar refractivity (Wildman–Crippen MR) is 145 cm³/mol. The van der Waals surface area contributed by atoms with Crippen LogP contribution in [-0.4, -0.2) is 52.8 Å². The van der Waals surface area contributed by atoms with E-state index in [9.17, 15) is 14.4 Å². The SMILES string of the molecule is CCC(CCC(=O)NCOC(=O)CCCCCn1c(CCOC)nc2c(N)nc3ccccc3c21)C(N)=O. The van der Waals surface area contributed by atoms with Crippen LogP contribution in [0.3, 0.4) is 0 Å². The van der Waals surface area contributed by atoms with E-state index < -0.39 is 5.91 Å². The summed E-state index contributed by atoms with van der Waals surface area (Å²) < 4.78 is 12.6. The lowest BCUT2D eigenvalue weighted by Crippen LogP contribution is -2.29. The van der Waals surface area contributed by atoms with Gasteiger partial charge in [-0.05, 0) is 31.7 Å². The number of ether oxygens (including phenoxy) is 2. The number of carbonyl (C=O) groups is 3. The molecule has 1 aromatic carbocycles. The van der Waals surface area contributed by atoms with E-state index in [-0.39, 0.29) is 37.4 Å². The number of nitrogens with two attached hydrogens (primary N) is 2. The van der Waals surface area contributed by atoms with Crippen LogP contribution in [-0.2, 0) is 36.8 Å². The molecule has 206 valence electrons. The topological polar surface area (TPSA) is 164 Å². The number of imidazole rings is 1. The van der Waals surface area contributed by atoms with Crippen molar-refractivity contribution >= 4 is 45.5 Å². The van der Waals surface area contributed by atoms with E-state index in [0.29, 0.717) is 43.6 Å². The normalized spacial score (nSPS) is 12.1. The molecule has 2 heterocycles. The van der Waals surface area contributed by atoms with Gasteiger partial charge in [-0.2, -0.15) is 0 Å². The Kier molecular flexibility index (Phi) is 10.8. The van der Waals surface area contributed by atoms with Crippen molar-refractivity contribution < 1.29 is 23.9 Å². The average molecular weight is 527 g/mol. The summed E-state index contributed by atoms with van der Waals surface area (Å²) in [5.41, 5.74) is 14.0. The summed E-state index contributed by atoms with van der Waals surface area (Å²) in [6.07, 6.45) is 4.35. The van der Waals surface area contributed by atoms with E-state index in [2.05, 4.69) is 14.9 Å². The molecule has 38 heavy (non-hydrogen) atoms. The second-order valence-electron chi connectivity index (χ2n) is 9.25. The average Bonchev–Trinajstić information content (AvgIpc) is 3.26. The molecule has 2 amide bonds. The number of fused-ring (bicyclic) bond motifs is 3. The van der Waals surface area contributed by atoms with E-state index in [1.807, 2.05) is 31.2 Å². The summed E-state index contributed by atoms with van der Waals surface area (Å²) in [5.74, 6) is -0.0849. The number of pyridine rings is 1. The van der Waals surface area contributed by atoms with Crippen molar-refractivity contribution in [1.29, 1.82) is 0 Å². The number of para-hydroxylation sites is 1. The number of nitrogen functional groups attached to an aromatic ring is 1. The number of rotatable bonds is 16. The number of primary amides is 1. The molecule has 1 unspecified atom stereocenters. The predicted octanol–water partition coefficient (Wildman–Crippen LogP) is 2.82.